The molecule has 1 aromatic heterocycles. The van der Waals surface area contributed by atoms with Gasteiger partial charge in [-0.25, -0.2) is 18.0 Å². The summed E-state index contributed by atoms with van der Waals surface area (Å²) in [6.07, 6.45) is 5.04. The van der Waals surface area contributed by atoms with Crippen LogP contribution in [0.5, 0.6) is 0 Å². The van der Waals surface area contributed by atoms with Gasteiger partial charge in [0.2, 0.25) is 11.8 Å². The Morgan fingerprint density at radius 1 is 0.980 bits per heavy atom. The minimum Gasteiger partial charge on any atom is -0.451 e. The number of furan rings is 1. The summed E-state index contributed by atoms with van der Waals surface area (Å²) in [5, 5.41) is 8.32. The molecule has 0 unspecified atom stereocenters. The fourth-order valence-electron chi connectivity index (χ4n) is 7.91. The van der Waals surface area contributed by atoms with Gasteiger partial charge in [0.1, 0.15) is 23.9 Å². The Balaban J connectivity index is 1.26. The Kier molecular flexibility index (Phi) is 11.8. The number of nitrogens with zero attached hydrogens (tertiary/aromatic N) is 1. The van der Waals surface area contributed by atoms with Crippen LogP contribution in [0.3, 0.4) is 0 Å². The zero-order valence-electron chi connectivity index (χ0n) is 28.6. The molecule has 2 aliphatic carbocycles. The van der Waals surface area contributed by atoms with Crippen LogP contribution in [0.1, 0.15) is 95.5 Å². The summed E-state index contributed by atoms with van der Waals surface area (Å²) in [7, 11) is 0. The first-order valence-electron chi connectivity index (χ1n) is 17.6. The number of alkyl halides is 3. The second-order valence-corrected chi connectivity index (χ2v) is 14.8. The molecule has 270 valence electrons. The van der Waals surface area contributed by atoms with Gasteiger partial charge in [0, 0.05) is 23.5 Å². The van der Waals surface area contributed by atoms with E-state index < -0.39 is 49.3 Å². The number of anilines is 1. The molecular formula is C36H49F3N4O6. The standard InChI is InChI=1S/C36H49F3N4O6/c1-36(2,3)49-35(47)42-27(19-37)22-9-11-23(12-10-22)34(46)43-16-15-26(21-7-5-4-6-8-21)31(43)33(45)41-25-13-14-28-24(17-25)18-29(48-28)32(44)40-20-30(38)39/h13-14,17-18,21-23,26-27,30-31H,4-12,15-16,19-20H2,1-3H3,(H,40,44)(H,41,45)(H,42,47)/t22?,23?,26-,27+,31-/m0/s1. The number of fused-ring (bicyclic) bond motifs is 1. The molecule has 0 radical (unpaired) electrons. The predicted molar refractivity (Wildman–Crippen MR) is 178 cm³/mol. The first-order chi connectivity index (χ1) is 23.3. The minimum atomic E-state index is -2.69. The van der Waals surface area contributed by atoms with E-state index in [0.29, 0.717) is 54.8 Å². The second-order valence-electron chi connectivity index (χ2n) is 14.8. The van der Waals surface area contributed by atoms with E-state index in [4.69, 9.17) is 9.15 Å². The number of nitrogens with one attached hydrogen (secondary N) is 3. The largest absolute Gasteiger partial charge is 0.451 e. The first kappa shape index (κ1) is 36.5. The number of hydrogen-bond donors (Lipinski definition) is 3. The number of halogens is 3. The van der Waals surface area contributed by atoms with Gasteiger partial charge >= 0.3 is 6.09 Å². The van der Waals surface area contributed by atoms with Crippen molar-refractivity contribution in [2.24, 2.45) is 23.7 Å². The molecule has 5 rings (SSSR count). The highest BCUT2D eigenvalue weighted by molar-refractivity contribution is 6.01. The number of ether oxygens (including phenoxy) is 1. The third kappa shape index (κ3) is 9.27. The van der Waals surface area contributed by atoms with Crippen molar-refractivity contribution in [3.63, 3.8) is 0 Å². The summed E-state index contributed by atoms with van der Waals surface area (Å²) >= 11 is 0. The van der Waals surface area contributed by atoms with Crippen LogP contribution < -0.4 is 16.0 Å². The van der Waals surface area contributed by atoms with Gasteiger partial charge in [0.15, 0.2) is 5.76 Å². The molecular weight excluding hydrogens is 641 g/mol. The van der Waals surface area contributed by atoms with Crippen molar-refractivity contribution < 1.29 is 41.5 Å². The molecule has 2 aromatic rings. The van der Waals surface area contributed by atoms with E-state index in [1.54, 1.807) is 43.9 Å². The molecule has 3 N–H and O–H groups in total. The molecule has 0 bridgehead atoms. The van der Waals surface area contributed by atoms with Gasteiger partial charge in [-0.05, 0) is 94.9 Å². The average Bonchev–Trinajstić information content (AvgIpc) is 3.70. The van der Waals surface area contributed by atoms with E-state index in [2.05, 4.69) is 16.0 Å². The van der Waals surface area contributed by atoms with E-state index in [1.807, 2.05) is 0 Å². The Morgan fingerprint density at radius 2 is 1.69 bits per heavy atom. The zero-order chi connectivity index (χ0) is 35.3. The summed E-state index contributed by atoms with van der Waals surface area (Å²) in [6, 6.07) is 5.01. The number of rotatable bonds is 10. The van der Waals surface area contributed by atoms with Crippen LogP contribution in [0.2, 0.25) is 0 Å². The lowest BCUT2D eigenvalue weighted by Gasteiger charge is -2.37. The van der Waals surface area contributed by atoms with Gasteiger partial charge in [-0.1, -0.05) is 32.1 Å². The molecule has 3 fully saturated rings. The van der Waals surface area contributed by atoms with Crippen LogP contribution in [0, 0.1) is 23.7 Å². The van der Waals surface area contributed by atoms with E-state index >= 15 is 0 Å². The highest BCUT2D eigenvalue weighted by Gasteiger charge is 2.47. The van der Waals surface area contributed by atoms with E-state index in [-0.39, 0.29) is 35.3 Å². The van der Waals surface area contributed by atoms with Gasteiger partial charge in [0.05, 0.1) is 12.6 Å². The number of amides is 4. The van der Waals surface area contributed by atoms with Gasteiger partial charge in [-0.2, -0.15) is 0 Å². The van der Waals surface area contributed by atoms with E-state index in [0.717, 1.165) is 32.1 Å². The maximum absolute atomic E-state index is 14.1. The normalized spacial score (nSPS) is 24.1. The molecule has 2 saturated carbocycles. The molecule has 1 saturated heterocycles. The van der Waals surface area contributed by atoms with Crippen molar-refractivity contribution in [1.82, 2.24) is 15.5 Å². The van der Waals surface area contributed by atoms with Crippen LogP contribution in [-0.2, 0) is 14.3 Å². The van der Waals surface area contributed by atoms with Crippen LogP contribution in [0.15, 0.2) is 28.7 Å². The Morgan fingerprint density at radius 3 is 2.35 bits per heavy atom. The number of benzene rings is 1. The second kappa shape index (κ2) is 15.8. The lowest BCUT2D eigenvalue weighted by Crippen LogP contribution is -2.50. The maximum Gasteiger partial charge on any atom is 0.407 e. The molecule has 49 heavy (non-hydrogen) atoms. The molecule has 2 heterocycles. The highest BCUT2D eigenvalue weighted by Crippen LogP contribution is 2.41. The van der Waals surface area contributed by atoms with E-state index in [9.17, 15) is 32.3 Å². The molecule has 13 heteroatoms. The molecule has 4 amide bonds. The number of likely N-dealkylation sites (tertiary alicyclic amines) is 1. The van der Waals surface area contributed by atoms with Crippen LogP contribution in [0.4, 0.5) is 23.7 Å². The minimum absolute atomic E-state index is 0.0253. The highest BCUT2D eigenvalue weighted by atomic mass is 19.3. The predicted octanol–water partition coefficient (Wildman–Crippen LogP) is 6.83. The third-order valence-corrected chi connectivity index (χ3v) is 10.2. The molecule has 3 atom stereocenters. The number of carbonyl (C=O) groups is 4. The smallest absolute Gasteiger partial charge is 0.407 e. The van der Waals surface area contributed by atoms with Crippen molar-refractivity contribution in [2.45, 2.75) is 109 Å². The fraction of sp³-hybridized carbons (Fsp3) is 0.667. The zero-order valence-corrected chi connectivity index (χ0v) is 28.6. The van der Waals surface area contributed by atoms with Crippen molar-refractivity contribution in [3.8, 4) is 0 Å². The number of carbonyl (C=O) groups excluding carboxylic acids is 4. The Hall–Kier alpha value is -3.77. The lowest BCUT2D eigenvalue weighted by molar-refractivity contribution is -0.142. The first-order valence-corrected chi connectivity index (χ1v) is 17.6. The summed E-state index contributed by atoms with van der Waals surface area (Å²) < 4.78 is 50.0. The quantitative estimate of drug-likeness (QED) is 0.251. The summed E-state index contributed by atoms with van der Waals surface area (Å²) in [5.41, 5.74) is 0.135. The van der Waals surface area contributed by atoms with Crippen molar-refractivity contribution in [2.75, 3.05) is 25.1 Å². The SMILES string of the molecule is CC(C)(C)OC(=O)N[C@H](CF)C1CCC(C(=O)N2CC[C@@H](C3CCCCC3)[C@H]2C(=O)Nc2ccc3oc(C(=O)NCC(F)F)cc3c2)CC1. The van der Waals surface area contributed by atoms with Gasteiger partial charge in [0.25, 0.3) is 12.3 Å². The summed E-state index contributed by atoms with van der Waals surface area (Å²) in [6.45, 7) is 4.22. The lowest BCUT2D eigenvalue weighted by atomic mass is 9.76. The summed E-state index contributed by atoms with van der Waals surface area (Å²) in [4.78, 5) is 54.5. The topological polar surface area (TPSA) is 130 Å². The Labute approximate surface area is 285 Å². The summed E-state index contributed by atoms with van der Waals surface area (Å²) in [5.74, 6) is -1.25. The Bertz CT molecular complexity index is 1480. The number of alkyl carbamates (subject to hydrolysis) is 1. The average molecular weight is 691 g/mol. The monoisotopic (exact) mass is 690 g/mol. The maximum atomic E-state index is 14.1. The van der Waals surface area contributed by atoms with Crippen LogP contribution in [0.25, 0.3) is 11.0 Å². The molecule has 10 nitrogen and oxygen atoms in total. The van der Waals surface area contributed by atoms with Crippen molar-refractivity contribution >= 4 is 40.5 Å². The van der Waals surface area contributed by atoms with Crippen LogP contribution in [-0.4, -0.2) is 72.6 Å². The molecule has 0 spiro atoms. The fourth-order valence-corrected chi connectivity index (χ4v) is 7.91. The van der Waals surface area contributed by atoms with Gasteiger partial charge < -0.3 is 30.0 Å². The van der Waals surface area contributed by atoms with E-state index in [1.165, 1.54) is 12.5 Å². The molecule has 1 aliphatic heterocycles. The molecule has 1 aromatic carbocycles. The molecule has 3 aliphatic rings. The van der Waals surface area contributed by atoms with Gasteiger partial charge in [-0.15, -0.1) is 0 Å². The number of hydrogen-bond acceptors (Lipinski definition) is 6. The van der Waals surface area contributed by atoms with Gasteiger partial charge in [-0.3, -0.25) is 14.4 Å². The van der Waals surface area contributed by atoms with Crippen LogP contribution >= 0.6 is 0 Å². The van der Waals surface area contributed by atoms with Crippen molar-refractivity contribution in [3.05, 3.63) is 30.0 Å². The third-order valence-electron chi connectivity index (χ3n) is 10.2. The van der Waals surface area contributed by atoms with Crippen molar-refractivity contribution in [1.29, 1.82) is 0 Å².